The lowest BCUT2D eigenvalue weighted by Gasteiger charge is -2.11. The van der Waals surface area contributed by atoms with Crippen LogP contribution in [0.4, 0.5) is 0 Å². The van der Waals surface area contributed by atoms with E-state index in [1.54, 1.807) is 25.3 Å². The molecule has 0 saturated heterocycles. The Morgan fingerprint density at radius 3 is 2.50 bits per heavy atom. The lowest BCUT2D eigenvalue weighted by atomic mass is 9.96. The number of Topliss-reactive ketones (excluding diaryl/α,β-unsaturated/α-hetero) is 1. The molecule has 0 atom stereocenters. The Balaban J connectivity index is 2.69. The summed E-state index contributed by atoms with van der Waals surface area (Å²) in [7, 11) is 1.58. The molecule has 0 aliphatic carbocycles. The first kappa shape index (κ1) is 12.4. The molecule has 0 unspecified atom stereocenters. The lowest BCUT2D eigenvalue weighted by molar-refractivity contribution is 0.0937. The van der Waals surface area contributed by atoms with Gasteiger partial charge in [-0.3, -0.25) is 4.79 Å². The van der Waals surface area contributed by atoms with Gasteiger partial charge in [0.25, 0.3) is 0 Å². The fourth-order valence-electron chi connectivity index (χ4n) is 2.00. The number of benzene rings is 2. The van der Waals surface area contributed by atoms with Crippen LogP contribution in [0, 0.1) is 5.92 Å². The molecule has 0 aliphatic rings. The van der Waals surface area contributed by atoms with E-state index in [4.69, 9.17) is 4.74 Å². The average molecular weight is 244 g/mol. The van der Waals surface area contributed by atoms with Crippen molar-refractivity contribution in [3.8, 4) is 11.5 Å². The maximum atomic E-state index is 12.0. The van der Waals surface area contributed by atoms with Gasteiger partial charge in [0, 0.05) is 16.7 Å². The Kier molecular flexibility index (Phi) is 3.24. The van der Waals surface area contributed by atoms with Crippen molar-refractivity contribution in [3.63, 3.8) is 0 Å². The van der Waals surface area contributed by atoms with E-state index in [9.17, 15) is 9.90 Å². The van der Waals surface area contributed by atoms with E-state index >= 15 is 0 Å². The van der Waals surface area contributed by atoms with Crippen LogP contribution in [0.2, 0.25) is 0 Å². The summed E-state index contributed by atoms with van der Waals surface area (Å²) in [6.45, 7) is 3.63. The van der Waals surface area contributed by atoms with E-state index < -0.39 is 0 Å². The molecule has 0 aromatic heterocycles. The molecule has 2 aromatic carbocycles. The number of carbonyl (C=O) groups excluding carboxylic acids is 1. The Morgan fingerprint density at radius 2 is 1.89 bits per heavy atom. The lowest BCUT2D eigenvalue weighted by Crippen LogP contribution is -2.07. The van der Waals surface area contributed by atoms with Gasteiger partial charge >= 0.3 is 0 Å². The second kappa shape index (κ2) is 4.69. The number of ketones is 1. The van der Waals surface area contributed by atoms with Crippen molar-refractivity contribution in [2.45, 2.75) is 13.8 Å². The summed E-state index contributed by atoms with van der Waals surface area (Å²) in [4.78, 5) is 12.0. The first-order valence-corrected chi connectivity index (χ1v) is 5.89. The van der Waals surface area contributed by atoms with Crippen LogP contribution in [0.3, 0.4) is 0 Å². The number of methoxy groups -OCH3 is 1. The predicted octanol–water partition coefficient (Wildman–Crippen LogP) is 3.39. The second-order valence-electron chi connectivity index (χ2n) is 4.54. The molecule has 0 bridgehead atoms. The van der Waals surface area contributed by atoms with Gasteiger partial charge in [0.15, 0.2) is 5.78 Å². The van der Waals surface area contributed by atoms with Crippen LogP contribution in [0.1, 0.15) is 24.2 Å². The topological polar surface area (TPSA) is 46.5 Å². The van der Waals surface area contributed by atoms with Crippen molar-refractivity contribution in [1.29, 1.82) is 0 Å². The second-order valence-corrected chi connectivity index (χ2v) is 4.54. The first-order valence-electron chi connectivity index (χ1n) is 5.89. The van der Waals surface area contributed by atoms with E-state index in [1.165, 1.54) is 0 Å². The molecule has 0 radical (unpaired) electrons. The van der Waals surface area contributed by atoms with Crippen molar-refractivity contribution in [2.75, 3.05) is 7.11 Å². The number of ether oxygens (including phenoxy) is 1. The largest absolute Gasteiger partial charge is 0.507 e. The first-order chi connectivity index (χ1) is 8.56. The van der Waals surface area contributed by atoms with Crippen LogP contribution >= 0.6 is 0 Å². The summed E-state index contributed by atoms with van der Waals surface area (Å²) < 4.78 is 5.23. The van der Waals surface area contributed by atoms with Crippen LogP contribution in [0.5, 0.6) is 11.5 Å². The molecular weight excluding hydrogens is 228 g/mol. The van der Waals surface area contributed by atoms with Crippen LogP contribution in [0.25, 0.3) is 10.8 Å². The fraction of sp³-hybridized carbons (Fsp3) is 0.267. The van der Waals surface area contributed by atoms with Crippen LogP contribution in [0.15, 0.2) is 30.3 Å². The summed E-state index contributed by atoms with van der Waals surface area (Å²) in [5.74, 6) is 0.521. The number of phenols is 1. The summed E-state index contributed by atoms with van der Waals surface area (Å²) >= 11 is 0. The molecule has 0 heterocycles. The highest BCUT2D eigenvalue weighted by atomic mass is 16.5. The number of fused-ring (bicyclic) bond motifs is 1. The molecule has 3 heteroatoms. The van der Waals surface area contributed by atoms with Gasteiger partial charge < -0.3 is 9.84 Å². The standard InChI is InChI=1S/C15H16O3/c1-9(2)14(16)12-8-7-10-11(15(12)17)5-4-6-13(10)18-3/h4-9,17H,1-3H3. The summed E-state index contributed by atoms with van der Waals surface area (Å²) in [5.41, 5.74) is 0.366. The third kappa shape index (κ3) is 1.92. The quantitative estimate of drug-likeness (QED) is 0.842. The van der Waals surface area contributed by atoms with E-state index in [1.807, 2.05) is 26.0 Å². The van der Waals surface area contributed by atoms with Gasteiger partial charge in [0.1, 0.15) is 11.5 Å². The molecule has 0 fully saturated rings. The zero-order chi connectivity index (χ0) is 13.3. The van der Waals surface area contributed by atoms with Gasteiger partial charge in [-0.1, -0.05) is 26.0 Å². The zero-order valence-electron chi connectivity index (χ0n) is 10.7. The summed E-state index contributed by atoms with van der Waals surface area (Å²) in [5, 5.41) is 11.7. The van der Waals surface area contributed by atoms with Crippen molar-refractivity contribution in [3.05, 3.63) is 35.9 Å². The molecule has 0 spiro atoms. The number of hydrogen-bond donors (Lipinski definition) is 1. The number of rotatable bonds is 3. The highest BCUT2D eigenvalue weighted by molar-refractivity contribution is 6.06. The van der Waals surface area contributed by atoms with Gasteiger partial charge in [-0.25, -0.2) is 0 Å². The molecular formula is C15H16O3. The van der Waals surface area contributed by atoms with Crippen molar-refractivity contribution in [1.82, 2.24) is 0 Å². The molecule has 94 valence electrons. The third-order valence-electron chi connectivity index (χ3n) is 3.00. The van der Waals surface area contributed by atoms with E-state index in [0.717, 1.165) is 5.39 Å². The Bertz CT molecular complexity index is 600. The third-order valence-corrected chi connectivity index (χ3v) is 3.00. The molecule has 0 saturated carbocycles. The van der Waals surface area contributed by atoms with Crippen LogP contribution < -0.4 is 4.74 Å². The highest BCUT2D eigenvalue weighted by Gasteiger charge is 2.17. The monoisotopic (exact) mass is 244 g/mol. The fourth-order valence-corrected chi connectivity index (χ4v) is 2.00. The Hall–Kier alpha value is -2.03. The minimum absolute atomic E-state index is 0.0325. The van der Waals surface area contributed by atoms with Gasteiger partial charge in [-0.05, 0) is 18.2 Å². The zero-order valence-corrected chi connectivity index (χ0v) is 10.7. The van der Waals surface area contributed by atoms with Crippen molar-refractivity contribution in [2.24, 2.45) is 5.92 Å². The smallest absolute Gasteiger partial charge is 0.169 e. The van der Waals surface area contributed by atoms with Gasteiger partial charge in [-0.2, -0.15) is 0 Å². The van der Waals surface area contributed by atoms with E-state index in [-0.39, 0.29) is 17.5 Å². The Labute approximate surface area is 106 Å². The molecule has 1 N–H and O–H groups in total. The van der Waals surface area contributed by atoms with Gasteiger partial charge in [-0.15, -0.1) is 0 Å². The normalized spacial score (nSPS) is 10.9. The number of aromatic hydroxyl groups is 1. The maximum Gasteiger partial charge on any atom is 0.169 e. The SMILES string of the molecule is COc1cccc2c(O)c(C(=O)C(C)C)ccc12. The Morgan fingerprint density at radius 1 is 1.17 bits per heavy atom. The summed E-state index contributed by atoms with van der Waals surface area (Å²) in [6.07, 6.45) is 0. The number of hydrogen-bond acceptors (Lipinski definition) is 3. The molecule has 3 nitrogen and oxygen atoms in total. The van der Waals surface area contributed by atoms with Crippen molar-refractivity contribution < 1.29 is 14.6 Å². The van der Waals surface area contributed by atoms with E-state index in [2.05, 4.69) is 0 Å². The summed E-state index contributed by atoms with van der Waals surface area (Å²) in [6, 6.07) is 8.87. The number of phenolic OH excluding ortho intramolecular Hbond substituents is 1. The van der Waals surface area contributed by atoms with Crippen LogP contribution in [-0.2, 0) is 0 Å². The number of carbonyl (C=O) groups is 1. The molecule has 2 aromatic rings. The maximum absolute atomic E-state index is 12.0. The molecule has 2 rings (SSSR count). The molecule has 0 amide bonds. The predicted molar refractivity (Wildman–Crippen MR) is 71.3 cm³/mol. The van der Waals surface area contributed by atoms with Crippen LogP contribution in [-0.4, -0.2) is 18.0 Å². The minimum Gasteiger partial charge on any atom is -0.507 e. The van der Waals surface area contributed by atoms with Gasteiger partial charge in [0.05, 0.1) is 12.7 Å². The van der Waals surface area contributed by atoms with E-state index in [0.29, 0.717) is 16.7 Å². The van der Waals surface area contributed by atoms with Gasteiger partial charge in [0.2, 0.25) is 0 Å². The van der Waals surface area contributed by atoms with Crippen molar-refractivity contribution >= 4 is 16.6 Å². The highest BCUT2D eigenvalue weighted by Crippen LogP contribution is 2.34. The average Bonchev–Trinajstić information content (AvgIpc) is 2.38. The molecule has 0 aliphatic heterocycles. The minimum atomic E-state index is -0.140. The molecule has 18 heavy (non-hydrogen) atoms.